The molecule has 0 bridgehead atoms. The third-order valence-corrected chi connectivity index (χ3v) is 4.44. The van der Waals surface area contributed by atoms with Gasteiger partial charge in [0.25, 0.3) is 0 Å². The van der Waals surface area contributed by atoms with Gasteiger partial charge in [0.05, 0.1) is 17.8 Å². The molecule has 1 aliphatic rings. The molecule has 1 aliphatic heterocycles. The molecule has 0 saturated carbocycles. The summed E-state index contributed by atoms with van der Waals surface area (Å²) >= 11 is 0. The zero-order chi connectivity index (χ0) is 16.4. The Balaban J connectivity index is 2.23. The van der Waals surface area contributed by atoms with E-state index in [0.717, 1.165) is 11.1 Å². The number of aliphatic hydroxyl groups is 2. The SMILES string of the molecule is CC1(C)OB(C(=Cc2cccc(CCO)c2)CO)OC1(C)C. The van der Waals surface area contributed by atoms with E-state index in [0.29, 0.717) is 11.9 Å². The number of rotatable bonds is 5. The molecule has 4 nitrogen and oxygen atoms in total. The normalized spacial score (nSPS) is 20.5. The van der Waals surface area contributed by atoms with Gasteiger partial charge in [-0.1, -0.05) is 30.3 Å². The maximum absolute atomic E-state index is 9.69. The van der Waals surface area contributed by atoms with Crippen molar-refractivity contribution >= 4 is 13.2 Å². The summed E-state index contributed by atoms with van der Waals surface area (Å²) in [6, 6.07) is 7.87. The predicted molar refractivity (Wildman–Crippen MR) is 88.4 cm³/mol. The quantitative estimate of drug-likeness (QED) is 0.819. The minimum Gasteiger partial charge on any atom is -0.400 e. The summed E-state index contributed by atoms with van der Waals surface area (Å²) < 4.78 is 12.0. The van der Waals surface area contributed by atoms with Crippen LogP contribution in [0.5, 0.6) is 0 Å². The van der Waals surface area contributed by atoms with Crippen molar-refractivity contribution in [1.29, 1.82) is 0 Å². The fraction of sp³-hybridized carbons (Fsp3) is 0.529. The molecule has 22 heavy (non-hydrogen) atoms. The van der Waals surface area contributed by atoms with Crippen molar-refractivity contribution in [2.75, 3.05) is 13.2 Å². The zero-order valence-electron chi connectivity index (χ0n) is 13.8. The molecule has 0 unspecified atom stereocenters. The maximum atomic E-state index is 9.69. The minimum atomic E-state index is -0.545. The van der Waals surface area contributed by atoms with Crippen LogP contribution in [0, 0.1) is 0 Å². The van der Waals surface area contributed by atoms with E-state index in [1.165, 1.54) is 0 Å². The Morgan fingerprint density at radius 1 is 1.14 bits per heavy atom. The summed E-state index contributed by atoms with van der Waals surface area (Å²) in [5.41, 5.74) is 1.86. The highest BCUT2D eigenvalue weighted by Crippen LogP contribution is 2.38. The molecule has 1 aromatic carbocycles. The highest BCUT2D eigenvalue weighted by molar-refractivity contribution is 6.55. The lowest BCUT2D eigenvalue weighted by Gasteiger charge is -2.32. The second-order valence-electron chi connectivity index (χ2n) is 6.68. The fourth-order valence-corrected chi connectivity index (χ4v) is 2.36. The van der Waals surface area contributed by atoms with Gasteiger partial charge in [-0.2, -0.15) is 0 Å². The molecule has 0 radical (unpaired) electrons. The average molecular weight is 304 g/mol. The second-order valence-corrected chi connectivity index (χ2v) is 6.68. The first-order valence-corrected chi connectivity index (χ1v) is 7.66. The van der Waals surface area contributed by atoms with Crippen molar-refractivity contribution in [1.82, 2.24) is 0 Å². The third-order valence-electron chi connectivity index (χ3n) is 4.44. The first-order valence-electron chi connectivity index (χ1n) is 7.66. The molecule has 1 heterocycles. The number of hydrogen-bond donors (Lipinski definition) is 2. The van der Waals surface area contributed by atoms with Crippen molar-refractivity contribution < 1.29 is 19.5 Å². The zero-order valence-corrected chi connectivity index (χ0v) is 13.8. The molecule has 1 aromatic rings. The summed E-state index contributed by atoms with van der Waals surface area (Å²) in [6.07, 6.45) is 2.51. The summed E-state index contributed by atoms with van der Waals surface area (Å²) in [5.74, 6) is 0. The van der Waals surface area contributed by atoms with Crippen LogP contribution in [-0.4, -0.2) is 41.7 Å². The van der Waals surface area contributed by atoms with E-state index < -0.39 is 18.3 Å². The van der Waals surface area contributed by atoms with E-state index in [1.54, 1.807) is 0 Å². The van der Waals surface area contributed by atoms with Crippen LogP contribution in [0.1, 0.15) is 38.8 Å². The van der Waals surface area contributed by atoms with Crippen LogP contribution in [0.4, 0.5) is 0 Å². The van der Waals surface area contributed by atoms with Crippen LogP contribution in [0.2, 0.25) is 0 Å². The first-order chi connectivity index (χ1) is 10.3. The average Bonchev–Trinajstić information content (AvgIpc) is 2.65. The van der Waals surface area contributed by atoms with Crippen molar-refractivity contribution in [3.8, 4) is 0 Å². The van der Waals surface area contributed by atoms with Crippen LogP contribution < -0.4 is 0 Å². The smallest absolute Gasteiger partial charge is 0.400 e. The minimum absolute atomic E-state index is 0.122. The van der Waals surface area contributed by atoms with Crippen LogP contribution >= 0.6 is 0 Å². The van der Waals surface area contributed by atoms with Gasteiger partial charge in [0.2, 0.25) is 0 Å². The topological polar surface area (TPSA) is 58.9 Å². The second kappa shape index (κ2) is 6.55. The molecular weight excluding hydrogens is 279 g/mol. The van der Waals surface area contributed by atoms with E-state index >= 15 is 0 Å². The Morgan fingerprint density at radius 3 is 2.32 bits per heavy atom. The van der Waals surface area contributed by atoms with Gasteiger partial charge in [0.1, 0.15) is 0 Å². The van der Waals surface area contributed by atoms with Crippen molar-refractivity contribution in [2.24, 2.45) is 0 Å². The summed E-state index contributed by atoms with van der Waals surface area (Å²) in [4.78, 5) is 0. The summed E-state index contributed by atoms with van der Waals surface area (Å²) in [7, 11) is -0.545. The van der Waals surface area contributed by atoms with Gasteiger partial charge in [-0.25, -0.2) is 0 Å². The number of hydrogen-bond acceptors (Lipinski definition) is 4. The van der Waals surface area contributed by atoms with E-state index in [2.05, 4.69) is 0 Å². The first kappa shape index (κ1) is 17.2. The van der Waals surface area contributed by atoms with Crippen molar-refractivity contribution in [3.63, 3.8) is 0 Å². The lowest BCUT2D eigenvalue weighted by atomic mass is 9.77. The Hall–Kier alpha value is -1.14. The van der Waals surface area contributed by atoms with Gasteiger partial charge in [0, 0.05) is 6.61 Å². The van der Waals surface area contributed by atoms with Gasteiger partial charge >= 0.3 is 7.12 Å². The van der Waals surface area contributed by atoms with Crippen LogP contribution in [0.3, 0.4) is 0 Å². The molecule has 2 N–H and O–H groups in total. The van der Waals surface area contributed by atoms with Gasteiger partial charge in [-0.15, -0.1) is 0 Å². The van der Waals surface area contributed by atoms with Crippen LogP contribution in [0.25, 0.3) is 6.08 Å². The third kappa shape index (κ3) is 3.61. The molecule has 0 amide bonds. The molecular formula is C17H25BO4. The summed E-state index contributed by atoms with van der Waals surface area (Å²) in [6.45, 7) is 7.96. The maximum Gasteiger partial charge on any atom is 0.492 e. The molecule has 0 aliphatic carbocycles. The Labute approximate surface area is 132 Å². The van der Waals surface area contributed by atoms with Crippen LogP contribution in [0.15, 0.2) is 29.7 Å². The highest BCUT2D eigenvalue weighted by Gasteiger charge is 2.52. The molecule has 1 fully saturated rings. The van der Waals surface area contributed by atoms with E-state index in [4.69, 9.17) is 14.4 Å². The Kier molecular flexibility index (Phi) is 5.12. The fourth-order valence-electron chi connectivity index (χ4n) is 2.36. The molecule has 5 heteroatoms. The lowest BCUT2D eigenvalue weighted by molar-refractivity contribution is 0.00578. The molecule has 0 atom stereocenters. The molecule has 1 saturated heterocycles. The van der Waals surface area contributed by atoms with E-state index in [-0.39, 0.29) is 13.2 Å². The van der Waals surface area contributed by atoms with Crippen molar-refractivity contribution in [2.45, 2.75) is 45.3 Å². The largest absolute Gasteiger partial charge is 0.492 e. The monoisotopic (exact) mass is 304 g/mol. The van der Waals surface area contributed by atoms with Gasteiger partial charge in [0.15, 0.2) is 0 Å². The van der Waals surface area contributed by atoms with Crippen molar-refractivity contribution in [3.05, 3.63) is 40.9 Å². The molecule has 0 aromatic heterocycles. The molecule has 2 rings (SSSR count). The Bertz CT molecular complexity index is 535. The number of aliphatic hydroxyl groups excluding tert-OH is 2. The van der Waals surface area contributed by atoms with Gasteiger partial charge < -0.3 is 19.5 Å². The highest BCUT2D eigenvalue weighted by atomic mass is 16.7. The lowest BCUT2D eigenvalue weighted by Crippen LogP contribution is -2.41. The van der Waals surface area contributed by atoms with E-state index in [1.807, 2.05) is 58.0 Å². The molecule has 120 valence electrons. The molecule has 0 spiro atoms. The van der Waals surface area contributed by atoms with E-state index in [9.17, 15) is 5.11 Å². The Morgan fingerprint density at radius 2 is 1.77 bits per heavy atom. The summed E-state index contributed by atoms with van der Waals surface area (Å²) in [5, 5.41) is 18.7. The predicted octanol–water partition coefficient (Wildman–Crippen LogP) is 2.23. The van der Waals surface area contributed by atoms with Gasteiger partial charge in [-0.05, 0) is 50.7 Å². The number of benzene rings is 1. The standard InChI is InChI=1S/C17H25BO4/c1-16(2)17(3,4)22-18(21-16)15(12-20)11-14-7-5-6-13(10-14)8-9-19/h5-7,10-11,19-20H,8-9,12H2,1-4H3. The van der Waals surface area contributed by atoms with Crippen LogP contribution in [-0.2, 0) is 15.7 Å². The van der Waals surface area contributed by atoms with Gasteiger partial charge in [-0.3, -0.25) is 0 Å².